The molecule has 0 spiro atoms. The van der Waals surface area contributed by atoms with Crippen LogP contribution in [0.5, 0.6) is 0 Å². The van der Waals surface area contributed by atoms with E-state index in [4.69, 9.17) is 0 Å². The zero-order valence-corrected chi connectivity index (χ0v) is 10.4. The predicted molar refractivity (Wildman–Crippen MR) is 65.3 cm³/mol. The molecule has 0 aromatic rings. The van der Waals surface area contributed by atoms with Crippen molar-refractivity contribution in [2.75, 3.05) is 0 Å². The summed E-state index contributed by atoms with van der Waals surface area (Å²) in [5, 5.41) is 3.43. The number of allylic oxidation sites excluding steroid dienone is 1. The van der Waals surface area contributed by atoms with Crippen LogP contribution in [0.25, 0.3) is 0 Å². The summed E-state index contributed by atoms with van der Waals surface area (Å²) < 4.78 is 0. The van der Waals surface area contributed by atoms with E-state index in [2.05, 4.69) is 39.6 Å². The molecule has 0 aromatic heterocycles. The summed E-state index contributed by atoms with van der Waals surface area (Å²) >= 11 is 0. The summed E-state index contributed by atoms with van der Waals surface area (Å²) in [5.74, 6) is 0.670. The van der Waals surface area contributed by atoms with Gasteiger partial charge < -0.3 is 5.32 Å². The summed E-state index contributed by atoms with van der Waals surface area (Å²) in [6.07, 6.45) is 6.50. The second-order valence-corrected chi connectivity index (χ2v) is 4.43. The Hall–Kier alpha value is -0.460. The van der Waals surface area contributed by atoms with Gasteiger partial charge >= 0.3 is 0 Å². The Bertz CT molecular complexity index is 149. The van der Waals surface area contributed by atoms with E-state index in [1.165, 1.54) is 37.8 Å². The zero-order chi connectivity index (χ0) is 11.0. The van der Waals surface area contributed by atoms with Gasteiger partial charge in [-0.05, 0) is 32.6 Å². The molecule has 0 fully saturated rings. The van der Waals surface area contributed by atoms with Gasteiger partial charge in [0.05, 0.1) is 0 Å². The molecule has 1 unspecified atom stereocenters. The molecule has 0 rings (SSSR count). The average Bonchev–Trinajstić information content (AvgIpc) is 2.11. The van der Waals surface area contributed by atoms with Gasteiger partial charge in [0.1, 0.15) is 0 Å². The van der Waals surface area contributed by atoms with Crippen molar-refractivity contribution in [1.29, 1.82) is 0 Å². The molecule has 0 radical (unpaired) electrons. The van der Waals surface area contributed by atoms with Gasteiger partial charge in [0.2, 0.25) is 0 Å². The van der Waals surface area contributed by atoms with Crippen molar-refractivity contribution in [3.8, 4) is 0 Å². The molecule has 84 valence electrons. The SMILES string of the molecule is C=C(NC(C)C)C(CC)CCCCC. The Morgan fingerprint density at radius 2 is 1.86 bits per heavy atom. The Morgan fingerprint density at radius 3 is 2.29 bits per heavy atom. The first kappa shape index (κ1) is 13.5. The van der Waals surface area contributed by atoms with Crippen LogP contribution in [0, 0.1) is 5.92 Å². The van der Waals surface area contributed by atoms with Crippen LogP contribution in [0.3, 0.4) is 0 Å². The quantitative estimate of drug-likeness (QED) is 0.578. The van der Waals surface area contributed by atoms with Crippen LogP contribution in [-0.4, -0.2) is 6.04 Å². The third kappa shape index (κ3) is 6.06. The van der Waals surface area contributed by atoms with E-state index in [0.29, 0.717) is 12.0 Å². The second-order valence-electron chi connectivity index (χ2n) is 4.43. The molecular formula is C13H27N. The minimum Gasteiger partial charge on any atom is -0.386 e. The van der Waals surface area contributed by atoms with Crippen LogP contribution in [0.4, 0.5) is 0 Å². The Morgan fingerprint density at radius 1 is 1.21 bits per heavy atom. The van der Waals surface area contributed by atoms with Crippen LogP contribution in [-0.2, 0) is 0 Å². The van der Waals surface area contributed by atoms with Crippen LogP contribution < -0.4 is 5.32 Å². The number of hydrogen-bond acceptors (Lipinski definition) is 1. The molecule has 0 heterocycles. The summed E-state index contributed by atoms with van der Waals surface area (Å²) in [4.78, 5) is 0. The van der Waals surface area contributed by atoms with E-state index >= 15 is 0 Å². The largest absolute Gasteiger partial charge is 0.386 e. The van der Waals surface area contributed by atoms with Crippen molar-refractivity contribution in [3.63, 3.8) is 0 Å². The zero-order valence-electron chi connectivity index (χ0n) is 10.4. The summed E-state index contributed by atoms with van der Waals surface area (Å²) in [5.41, 5.74) is 1.23. The average molecular weight is 197 g/mol. The normalized spacial score (nSPS) is 12.9. The molecule has 0 aliphatic heterocycles. The van der Waals surface area contributed by atoms with Crippen molar-refractivity contribution in [2.45, 2.75) is 65.8 Å². The topological polar surface area (TPSA) is 12.0 Å². The van der Waals surface area contributed by atoms with E-state index in [1.54, 1.807) is 0 Å². The third-order valence-corrected chi connectivity index (χ3v) is 2.62. The van der Waals surface area contributed by atoms with Crippen molar-refractivity contribution in [2.24, 2.45) is 5.92 Å². The highest BCUT2D eigenvalue weighted by Crippen LogP contribution is 2.19. The van der Waals surface area contributed by atoms with E-state index in [0.717, 1.165) is 0 Å². The fourth-order valence-electron chi connectivity index (χ4n) is 1.75. The van der Waals surface area contributed by atoms with Gasteiger partial charge in [0, 0.05) is 11.7 Å². The highest BCUT2D eigenvalue weighted by Gasteiger charge is 2.10. The van der Waals surface area contributed by atoms with Crippen LogP contribution >= 0.6 is 0 Å². The highest BCUT2D eigenvalue weighted by molar-refractivity contribution is 4.98. The molecule has 14 heavy (non-hydrogen) atoms. The second kappa shape index (κ2) is 7.90. The van der Waals surface area contributed by atoms with Crippen molar-refractivity contribution in [1.82, 2.24) is 5.32 Å². The van der Waals surface area contributed by atoms with Gasteiger partial charge in [-0.1, -0.05) is 39.7 Å². The maximum atomic E-state index is 4.13. The lowest BCUT2D eigenvalue weighted by Crippen LogP contribution is -2.25. The van der Waals surface area contributed by atoms with E-state index in [9.17, 15) is 0 Å². The Kier molecular flexibility index (Phi) is 7.64. The van der Waals surface area contributed by atoms with Gasteiger partial charge in [0.15, 0.2) is 0 Å². The lowest BCUT2D eigenvalue weighted by molar-refractivity contribution is 0.463. The molecule has 1 atom stereocenters. The lowest BCUT2D eigenvalue weighted by Gasteiger charge is -2.21. The first-order valence-electron chi connectivity index (χ1n) is 6.07. The molecule has 0 aliphatic carbocycles. The van der Waals surface area contributed by atoms with Gasteiger partial charge in [0.25, 0.3) is 0 Å². The molecule has 1 heteroatoms. The monoisotopic (exact) mass is 197 g/mol. The predicted octanol–water partition coefficient (Wildman–Crippen LogP) is 4.10. The first-order chi connectivity index (χ1) is 6.61. The number of rotatable bonds is 8. The van der Waals surface area contributed by atoms with Crippen molar-refractivity contribution < 1.29 is 0 Å². The van der Waals surface area contributed by atoms with Crippen molar-refractivity contribution >= 4 is 0 Å². The highest BCUT2D eigenvalue weighted by atomic mass is 14.9. The van der Waals surface area contributed by atoms with E-state index < -0.39 is 0 Å². The molecular weight excluding hydrogens is 170 g/mol. The number of nitrogens with one attached hydrogen (secondary N) is 1. The van der Waals surface area contributed by atoms with Crippen molar-refractivity contribution in [3.05, 3.63) is 12.3 Å². The Balaban J connectivity index is 3.81. The van der Waals surface area contributed by atoms with Gasteiger partial charge in [-0.3, -0.25) is 0 Å². The minimum atomic E-state index is 0.516. The Labute approximate surface area is 90.0 Å². The molecule has 0 aromatic carbocycles. The van der Waals surface area contributed by atoms with Gasteiger partial charge in [-0.15, -0.1) is 0 Å². The summed E-state index contributed by atoms with van der Waals surface area (Å²) in [7, 11) is 0. The fourth-order valence-corrected chi connectivity index (χ4v) is 1.75. The third-order valence-electron chi connectivity index (χ3n) is 2.62. The maximum absolute atomic E-state index is 4.13. The summed E-state index contributed by atoms with van der Waals surface area (Å²) in [6.45, 7) is 13.0. The smallest absolute Gasteiger partial charge is 0.0201 e. The van der Waals surface area contributed by atoms with E-state index in [1.807, 2.05) is 0 Å². The van der Waals surface area contributed by atoms with Crippen LogP contribution in [0.1, 0.15) is 59.8 Å². The minimum absolute atomic E-state index is 0.516. The van der Waals surface area contributed by atoms with Gasteiger partial charge in [-0.2, -0.15) is 0 Å². The molecule has 0 aliphatic rings. The molecule has 1 nitrogen and oxygen atoms in total. The number of hydrogen-bond donors (Lipinski definition) is 1. The molecule has 0 bridgehead atoms. The van der Waals surface area contributed by atoms with Crippen LogP contribution in [0.2, 0.25) is 0 Å². The maximum Gasteiger partial charge on any atom is 0.0201 e. The molecule has 0 amide bonds. The molecule has 1 N–H and O–H groups in total. The van der Waals surface area contributed by atoms with Gasteiger partial charge in [-0.25, -0.2) is 0 Å². The van der Waals surface area contributed by atoms with Crippen LogP contribution in [0.15, 0.2) is 12.3 Å². The standard InChI is InChI=1S/C13H27N/c1-6-8-9-10-13(7-2)12(5)14-11(3)4/h11,13-14H,5-10H2,1-4H3. The lowest BCUT2D eigenvalue weighted by atomic mass is 9.95. The first-order valence-corrected chi connectivity index (χ1v) is 6.07. The molecule has 0 saturated heterocycles. The van der Waals surface area contributed by atoms with E-state index in [-0.39, 0.29) is 0 Å². The fraction of sp³-hybridized carbons (Fsp3) is 0.846. The molecule has 0 saturated carbocycles. The summed E-state index contributed by atoms with van der Waals surface area (Å²) in [6, 6.07) is 0.516. The number of unbranched alkanes of at least 4 members (excludes halogenated alkanes) is 2.